The first-order valence-corrected chi connectivity index (χ1v) is 15.1. The Balaban J connectivity index is 2.14. The van der Waals surface area contributed by atoms with Gasteiger partial charge in [0, 0.05) is 17.3 Å². The van der Waals surface area contributed by atoms with E-state index in [2.05, 4.69) is 74.4 Å². The lowest BCUT2D eigenvalue weighted by atomic mass is 10.0. The topological polar surface area (TPSA) is 103 Å². The van der Waals surface area contributed by atoms with Gasteiger partial charge in [-0.3, -0.25) is 9.59 Å². The number of hydrogen-bond acceptors (Lipinski definition) is 6. The zero-order valence-corrected chi connectivity index (χ0v) is 27.8. The number of halogens is 4. The normalized spacial score (nSPS) is 11.9. The second-order valence-corrected chi connectivity index (χ2v) is 12.5. The Morgan fingerprint density at radius 2 is 1.66 bits per heavy atom. The summed E-state index contributed by atoms with van der Waals surface area (Å²) in [6, 6.07) is 7.66. The molecular formula is C26H30Br4N2O6. The maximum Gasteiger partial charge on any atom is 0.408 e. The summed E-state index contributed by atoms with van der Waals surface area (Å²) in [5.41, 5.74) is 0.408. The molecule has 0 aliphatic heterocycles. The number of Topliss-reactive ketones (excluding diaryl/α,β-unsaturated/α-hetero) is 1. The minimum Gasteiger partial charge on any atom is -0.496 e. The molecule has 0 spiro atoms. The summed E-state index contributed by atoms with van der Waals surface area (Å²) in [4.78, 5) is 38.5. The zero-order valence-electron chi connectivity index (χ0n) is 21.5. The number of nitrogens with one attached hydrogen (secondary N) is 2. The second-order valence-electron chi connectivity index (χ2n) is 9.17. The van der Waals surface area contributed by atoms with Gasteiger partial charge >= 0.3 is 6.09 Å². The molecule has 0 saturated heterocycles. The molecule has 0 radical (unpaired) electrons. The fourth-order valence-corrected chi connectivity index (χ4v) is 5.44. The Kier molecular flexibility index (Phi) is 13.1. The van der Waals surface area contributed by atoms with Crippen LogP contribution in [-0.4, -0.2) is 55.0 Å². The quantitative estimate of drug-likeness (QED) is 0.143. The molecule has 0 aliphatic rings. The molecule has 0 aromatic heterocycles. The molecule has 2 N–H and O–H groups in total. The molecule has 12 heteroatoms. The van der Waals surface area contributed by atoms with E-state index in [1.165, 1.54) is 0 Å². The van der Waals surface area contributed by atoms with Gasteiger partial charge in [0.15, 0.2) is 5.78 Å². The number of carbonyl (C=O) groups is 3. The van der Waals surface area contributed by atoms with E-state index in [0.717, 1.165) is 17.3 Å². The predicted octanol–water partition coefficient (Wildman–Crippen LogP) is 6.58. The summed E-state index contributed by atoms with van der Waals surface area (Å²) in [6.07, 6.45) is 0.261. The second kappa shape index (κ2) is 15.2. The van der Waals surface area contributed by atoms with Crippen molar-refractivity contribution < 1.29 is 28.6 Å². The van der Waals surface area contributed by atoms with Crippen LogP contribution in [0.2, 0.25) is 0 Å². The fraction of sp³-hybridized carbons (Fsp3) is 0.423. The molecular weight excluding hydrogens is 756 g/mol. The van der Waals surface area contributed by atoms with Crippen LogP contribution in [0.25, 0.3) is 0 Å². The van der Waals surface area contributed by atoms with Gasteiger partial charge in [0.1, 0.15) is 23.1 Å². The summed E-state index contributed by atoms with van der Waals surface area (Å²) in [7, 11) is 1.56. The van der Waals surface area contributed by atoms with Crippen molar-refractivity contribution in [1.29, 1.82) is 0 Å². The third-order valence-corrected chi connectivity index (χ3v) is 7.29. The van der Waals surface area contributed by atoms with Crippen LogP contribution in [0.5, 0.6) is 11.5 Å². The van der Waals surface area contributed by atoms with E-state index in [-0.39, 0.29) is 18.7 Å². The van der Waals surface area contributed by atoms with Gasteiger partial charge in [-0.25, -0.2) is 4.79 Å². The first kappa shape index (κ1) is 32.6. The number of ether oxygens (including phenoxy) is 3. The monoisotopic (exact) mass is 782 g/mol. The van der Waals surface area contributed by atoms with E-state index in [4.69, 9.17) is 14.2 Å². The molecule has 1 atom stereocenters. The van der Waals surface area contributed by atoms with Crippen molar-refractivity contribution in [2.45, 2.75) is 45.3 Å². The van der Waals surface area contributed by atoms with Crippen molar-refractivity contribution in [1.82, 2.24) is 10.6 Å². The van der Waals surface area contributed by atoms with Gasteiger partial charge in [-0.2, -0.15) is 0 Å². The molecule has 2 rings (SSSR count). The van der Waals surface area contributed by atoms with Crippen molar-refractivity contribution in [3.8, 4) is 11.5 Å². The Morgan fingerprint density at radius 3 is 2.21 bits per heavy atom. The molecule has 208 valence electrons. The molecule has 0 unspecified atom stereocenters. The molecule has 0 saturated carbocycles. The largest absolute Gasteiger partial charge is 0.496 e. The van der Waals surface area contributed by atoms with Gasteiger partial charge in [-0.15, -0.1) is 0 Å². The number of amides is 2. The highest BCUT2D eigenvalue weighted by Crippen LogP contribution is 2.35. The Hall–Kier alpha value is -1.63. The first-order valence-electron chi connectivity index (χ1n) is 11.6. The van der Waals surface area contributed by atoms with E-state index in [1.807, 2.05) is 0 Å². The Labute approximate surface area is 256 Å². The van der Waals surface area contributed by atoms with Crippen LogP contribution in [0.4, 0.5) is 4.79 Å². The van der Waals surface area contributed by atoms with Crippen molar-refractivity contribution in [2.75, 3.05) is 25.6 Å². The minimum absolute atomic E-state index is 0.166. The third kappa shape index (κ3) is 10.5. The average molecular weight is 786 g/mol. The lowest BCUT2D eigenvalue weighted by Gasteiger charge is -2.23. The Morgan fingerprint density at radius 1 is 1.00 bits per heavy atom. The number of methoxy groups -OCH3 is 1. The summed E-state index contributed by atoms with van der Waals surface area (Å²) in [6.45, 7) is 5.45. The van der Waals surface area contributed by atoms with Gasteiger partial charge < -0.3 is 24.8 Å². The van der Waals surface area contributed by atoms with E-state index < -0.39 is 23.6 Å². The minimum atomic E-state index is -0.985. The highest BCUT2D eigenvalue weighted by molar-refractivity contribution is 9.11. The summed E-state index contributed by atoms with van der Waals surface area (Å²) in [5.74, 6) is 0.398. The molecule has 8 nitrogen and oxygen atoms in total. The smallest absolute Gasteiger partial charge is 0.408 e. The highest BCUT2D eigenvalue weighted by Gasteiger charge is 2.26. The maximum atomic E-state index is 13.1. The molecule has 2 aromatic carbocycles. The maximum absolute atomic E-state index is 13.1. The molecule has 0 fully saturated rings. The number of rotatable bonds is 12. The van der Waals surface area contributed by atoms with Crippen LogP contribution >= 0.6 is 63.7 Å². The average Bonchev–Trinajstić information content (AvgIpc) is 2.82. The number of alkyl carbamates (subject to hydrolysis) is 1. The van der Waals surface area contributed by atoms with Crippen molar-refractivity contribution in [3.05, 3.63) is 54.9 Å². The third-order valence-electron chi connectivity index (χ3n) is 4.93. The van der Waals surface area contributed by atoms with E-state index in [0.29, 0.717) is 37.1 Å². The summed E-state index contributed by atoms with van der Waals surface area (Å²) >= 11 is 13.7. The zero-order chi connectivity index (χ0) is 28.5. The molecule has 38 heavy (non-hydrogen) atoms. The number of hydrogen-bond donors (Lipinski definition) is 2. The van der Waals surface area contributed by atoms with E-state index in [1.54, 1.807) is 58.2 Å². The van der Waals surface area contributed by atoms with E-state index >= 15 is 0 Å². The first-order chi connectivity index (χ1) is 17.8. The lowest BCUT2D eigenvalue weighted by molar-refractivity contribution is -0.123. The molecule has 2 amide bonds. The van der Waals surface area contributed by atoms with Gasteiger partial charge in [-0.1, -0.05) is 22.0 Å². The van der Waals surface area contributed by atoms with Crippen LogP contribution in [-0.2, 0) is 16.0 Å². The van der Waals surface area contributed by atoms with Crippen LogP contribution in [0.3, 0.4) is 0 Å². The summed E-state index contributed by atoms with van der Waals surface area (Å²) < 4.78 is 18.3. The van der Waals surface area contributed by atoms with Crippen LogP contribution in [0, 0.1) is 0 Å². The lowest BCUT2D eigenvalue weighted by Crippen LogP contribution is -2.50. The SMILES string of the molecule is COc1ccc(C[C@H](NC(=O)OC(C)(C)C)C(=O)NCC(=O)c2cc(Br)c(OCCCBr)c(Br)c2)cc1Br. The van der Waals surface area contributed by atoms with Gasteiger partial charge in [-0.05, 0) is 105 Å². The number of alkyl halides is 1. The van der Waals surface area contributed by atoms with Crippen LogP contribution < -0.4 is 20.1 Å². The van der Waals surface area contributed by atoms with E-state index in [9.17, 15) is 14.4 Å². The van der Waals surface area contributed by atoms with Crippen molar-refractivity contribution in [2.24, 2.45) is 0 Å². The predicted molar refractivity (Wildman–Crippen MR) is 161 cm³/mol. The summed E-state index contributed by atoms with van der Waals surface area (Å²) in [5, 5.41) is 6.07. The van der Waals surface area contributed by atoms with Gasteiger partial charge in [0.2, 0.25) is 5.91 Å². The number of ketones is 1. The molecule has 0 aliphatic carbocycles. The highest BCUT2D eigenvalue weighted by atomic mass is 79.9. The fourth-order valence-electron chi connectivity index (χ4n) is 3.21. The standard InChI is InChI=1S/C26H30Br4N2O6/c1-26(2,3)38-25(35)32-20(11-15-6-7-22(36-4)17(28)10-15)24(34)31-14-21(33)16-12-18(29)23(19(30)13-16)37-9-5-8-27/h6-7,10,12-13,20H,5,8-9,11,14H2,1-4H3,(H,31,34)(H,32,35)/t20-/m0/s1. The Bertz CT molecular complexity index is 1130. The van der Waals surface area contributed by atoms with Crippen molar-refractivity contribution >= 4 is 81.5 Å². The van der Waals surface area contributed by atoms with Crippen LogP contribution in [0.1, 0.15) is 43.1 Å². The molecule has 0 bridgehead atoms. The molecule has 0 heterocycles. The molecule has 2 aromatic rings. The van der Waals surface area contributed by atoms with Crippen molar-refractivity contribution in [3.63, 3.8) is 0 Å². The van der Waals surface area contributed by atoms with Crippen LogP contribution in [0.15, 0.2) is 43.7 Å². The number of benzene rings is 2. The van der Waals surface area contributed by atoms with Gasteiger partial charge in [0.25, 0.3) is 0 Å². The number of carbonyl (C=O) groups excluding carboxylic acids is 3. The van der Waals surface area contributed by atoms with Gasteiger partial charge in [0.05, 0.1) is 33.7 Å².